The van der Waals surface area contributed by atoms with E-state index in [0.29, 0.717) is 6.07 Å². The number of anilines is 1. The van der Waals surface area contributed by atoms with Crippen molar-refractivity contribution in [2.24, 2.45) is 0 Å². The normalized spacial score (nSPS) is 11.4. The second-order valence-electron chi connectivity index (χ2n) is 3.76. The second kappa shape index (κ2) is 5.38. The zero-order chi connectivity index (χ0) is 14.9. The number of nitrogens with zero attached hydrogens (tertiary/aromatic N) is 1. The molecule has 0 saturated carbocycles. The number of alkyl halides is 3. The molecular weight excluding hydrogens is 316 g/mol. The predicted octanol–water partition coefficient (Wildman–Crippen LogP) is 4.78. The van der Waals surface area contributed by atoms with Crippen LogP contribution in [-0.4, -0.2) is 4.98 Å². The largest absolute Gasteiger partial charge is 0.453 e. The molecule has 0 unspecified atom stereocenters. The minimum Gasteiger partial charge on any atom is -0.453 e. The van der Waals surface area contributed by atoms with Crippen LogP contribution in [0, 0.1) is 0 Å². The molecule has 1 aromatic heterocycles. The molecule has 106 valence electrons. The third kappa shape index (κ3) is 3.08. The molecule has 0 aliphatic heterocycles. The number of ether oxygens (including phenoxy) is 1. The van der Waals surface area contributed by atoms with E-state index >= 15 is 0 Å². The van der Waals surface area contributed by atoms with Gasteiger partial charge in [0.15, 0.2) is 5.75 Å². The molecule has 2 rings (SSSR count). The highest BCUT2D eigenvalue weighted by Crippen LogP contribution is 2.38. The lowest BCUT2D eigenvalue weighted by Crippen LogP contribution is -2.08. The van der Waals surface area contributed by atoms with E-state index in [0.717, 1.165) is 6.20 Å². The van der Waals surface area contributed by atoms with Crippen molar-refractivity contribution >= 4 is 28.9 Å². The first-order valence-electron chi connectivity index (χ1n) is 5.23. The molecule has 0 aliphatic rings. The molecule has 1 aromatic carbocycles. The summed E-state index contributed by atoms with van der Waals surface area (Å²) in [7, 11) is 0. The van der Waals surface area contributed by atoms with Gasteiger partial charge in [-0.05, 0) is 12.1 Å². The van der Waals surface area contributed by atoms with Crippen LogP contribution in [0.25, 0.3) is 0 Å². The molecule has 0 radical (unpaired) electrons. The van der Waals surface area contributed by atoms with Crippen LogP contribution in [0.2, 0.25) is 10.0 Å². The Kier molecular flexibility index (Phi) is 3.96. The summed E-state index contributed by atoms with van der Waals surface area (Å²) in [5.74, 6) is -0.0957. The van der Waals surface area contributed by atoms with Crippen LogP contribution in [0.15, 0.2) is 30.5 Å². The van der Waals surface area contributed by atoms with Crippen LogP contribution in [0.1, 0.15) is 5.69 Å². The lowest BCUT2D eigenvalue weighted by molar-refractivity contribution is -0.141. The molecular formula is C12H7Cl2F3N2O. The Hall–Kier alpha value is -1.66. The number of aromatic nitrogens is 1. The summed E-state index contributed by atoms with van der Waals surface area (Å²) in [6.07, 6.45) is -3.72. The SMILES string of the molecule is Nc1cnc(C(F)(F)F)cc1Oc1cccc(Cl)c1Cl. The number of benzene rings is 1. The highest BCUT2D eigenvalue weighted by molar-refractivity contribution is 6.42. The van der Waals surface area contributed by atoms with Crippen LogP contribution in [-0.2, 0) is 6.18 Å². The van der Waals surface area contributed by atoms with Crippen molar-refractivity contribution in [1.82, 2.24) is 4.98 Å². The van der Waals surface area contributed by atoms with Crippen molar-refractivity contribution in [3.63, 3.8) is 0 Å². The fraction of sp³-hybridized carbons (Fsp3) is 0.0833. The van der Waals surface area contributed by atoms with Gasteiger partial charge >= 0.3 is 6.18 Å². The summed E-state index contributed by atoms with van der Waals surface area (Å²) in [4.78, 5) is 3.20. The summed E-state index contributed by atoms with van der Waals surface area (Å²) in [5, 5.41) is 0.298. The Morgan fingerprint density at radius 1 is 1.15 bits per heavy atom. The number of pyridine rings is 1. The number of hydrogen-bond donors (Lipinski definition) is 1. The minimum absolute atomic E-state index is 0.0472. The van der Waals surface area contributed by atoms with Gasteiger partial charge in [-0.15, -0.1) is 0 Å². The minimum atomic E-state index is -4.59. The zero-order valence-corrected chi connectivity index (χ0v) is 11.2. The van der Waals surface area contributed by atoms with Gasteiger partial charge in [0.05, 0.1) is 16.9 Å². The van der Waals surface area contributed by atoms with Crippen LogP contribution >= 0.6 is 23.2 Å². The number of nitrogen functional groups attached to an aromatic ring is 1. The highest BCUT2D eigenvalue weighted by Gasteiger charge is 2.33. The Bertz CT molecular complexity index is 647. The fourth-order valence-corrected chi connectivity index (χ4v) is 1.70. The molecule has 0 saturated heterocycles. The summed E-state index contributed by atoms with van der Waals surface area (Å²) in [6, 6.07) is 5.23. The molecule has 0 amide bonds. The van der Waals surface area contributed by atoms with Gasteiger partial charge in [-0.2, -0.15) is 13.2 Å². The van der Waals surface area contributed by atoms with Crippen molar-refractivity contribution in [2.75, 3.05) is 5.73 Å². The summed E-state index contributed by atoms with van der Waals surface area (Å²) >= 11 is 11.7. The number of halogens is 5. The fourth-order valence-electron chi connectivity index (χ4n) is 1.37. The van der Waals surface area contributed by atoms with E-state index in [9.17, 15) is 13.2 Å². The van der Waals surface area contributed by atoms with Gasteiger partial charge in [-0.25, -0.2) is 4.98 Å². The molecule has 1 heterocycles. The van der Waals surface area contributed by atoms with Gasteiger partial charge in [0.2, 0.25) is 0 Å². The average molecular weight is 323 g/mol. The quantitative estimate of drug-likeness (QED) is 0.865. The molecule has 2 aromatic rings. The van der Waals surface area contributed by atoms with Crippen LogP contribution < -0.4 is 10.5 Å². The summed E-state index contributed by atoms with van der Waals surface area (Å²) in [6.45, 7) is 0. The van der Waals surface area contributed by atoms with Crippen molar-refractivity contribution < 1.29 is 17.9 Å². The predicted molar refractivity (Wildman–Crippen MR) is 70.2 cm³/mol. The van der Waals surface area contributed by atoms with E-state index < -0.39 is 11.9 Å². The van der Waals surface area contributed by atoms with E-state index in [4.69, 9.17) is 33.7 Å². The average Bonchev–Trinajstić information content (AvgIpc) is 2.36. The van der Waals surface area contributed by atoms with Crippen molar-refractivity contribution in [3.05, 3.63) is 46.2 Å². The van der Waals surface area contributed by atoms with Crippen molar-refractivity contribution in [2.45, 2.75) is 6.18 Å². The Labute approximate surface area is 122 Å². The Balaban J connectivity index is 2.41. The van der Waals surface area contributed by atoms with Crippen LogP contribution in [0.4, 0.5) is 18.9 Å². The molecule has 0 fully saturated rings. The molecule has 2 N–H and O–H groups in total. The standard InChI is InChI=1S/C12H7Cl2F3N2O/c13-6-2-1-3-8(11(6)14)20-9-4-10(12(15,16)17)19-5-7(9)18/h1-5H,18H2. The van der Waals surface area contributed by atoms with E-state index in [2.05, 4.69) is 4.98 Å². The maximum atomic E-state index is 12.6. The third-order valence-electron chi connectivity index (χ3n) is 2.32. The topological polar surface area (TPSA) is 48.1 Å². The molecule has 0 atom stereocenters. The molecule has 0 aliphatic carbocycles. The summed E-state index contributed by atoms with van der Waals surface area (Å²) in [5.41, 5.74) is 4.38. The zero-order valence-electron chi connectivity index (χ0n) is 9.71. The molecule has 0 bridgehead atoms. The van der Waals surface area contributed by atoms with Gasteiger partial charge < -0.3 is 10.5 Å². The van der Waals surface area contributed by atoms with Gasteiger partial charge in [0.1, 0.15) is 16.5 Å². The lowest BCUT2D eigenvalue weighted by atomic mass is 10.3. The van der Waals surface area contributed by atoms with E-state index in [1.165, 1.54) is 12.1 Å². The molecule has 8 heteroatoms. The molecule has 3 nitrogen and oxygen atoms in total. The third-order valence-corrected chi connectivity index (χ3v) is 3.12. The number of hydrogen-bond acceptors (Lipinski definition) is 3. The van der Waals surface area contributed by atoms with E-state index in [1.54, 1.807) is 6.07 Å². The smallest absolute Gasteiger partial charge is 0.433 e. The Morgan fingerprint density at radius 3 is 2.50 bits per heavy atom. The van der Waals surface area contributed by atoms with Crippen LogP contribution in [0.5, 0.6) is 11.5 Å². The monoisotopic (exact) mass is 322 g/mol. The van der Waals surface area contributed by atoms with E-state index in [1.807, 2.05) is 0 Å². The van der Waals surface area contributed by atoms with E-state index in [-0.39, 0.29) is 27.2 Å². The maximum Gasteiger partial charge on any atom is 0.433 e. The van der Waals surface area contributed by atoms with Crippen molar-refractivity contribution in [3.8, 4) is 11.5 Å². The van der Waals surface area contributed by atoms with Gasteiger partial charge in [-0.3, -0.25) is 0 Å². The lowest BCUT2D eigenvalue weighted by Gasteiger charge is -2.12. The Morgan fingerprint density at radius 2 is 1.85 bits per heavy atom. The molecule has 20 heavy (non-hydrogen) atoms. The van der Waals surface area contributed by atoms with Gasteiger partial charge in [0.25, 0.3) is 0 Å². The van der Waals surface area contributed by atoms with Crippen molar-refractivity contribution in [1.29, 1.82) is 0 Å². The molecule has 0 spiro atoms. The first-order valence-corrected chi connectivity index (χ1v) is 5.99. The number of rotatable bonds is 2. The maximum absolute atomic E-state index is 12.6. The van der Waals surface area contributed by atoms with Gasteiger partial charge in [0, 0.05) is 6.07 Å². The summed E-state index contributed by atoms with van der Waals surface area (Å²) < 4.78 is 43.0. The first kappa shape index (κ1) is 14.7. The first-order chi connectivity index (χ1) is 9.29. The number of nitrogens with two attached hydrogens (primary N) is 1. The van der Waals surface area contributed by atoms with Crippen LogP contribution in [0.3, 0.4) is 0 Å². The second-order valence-corrected chi connectivity index (χ2v) is 4.54. The van der Waals surface area contributed by atoms with Gasteiger partial charge in [-0.1, -0.05) is 29.3 Å². The highest BCUT2D eigenvalue weighted by atomic mass is 35.5.